The molecule has 0 spiro atoms. The van der Waals surface area contributed by atoms with Gasteiger partial charge < -0.3 is 10.4 Å². The highest BCUT2D eigenvalue weighted by atomic mass is 19.1. The molecule has 5 heteroatoms. The largest absolute Gasteiger partial charge is 0.481 e. The van der Waals surface area contributed by atoms with E-state index in [0.717, 1.165) is 0 Å². The summed E-state index contributed by atoms with van der Waals surface area (Å²) in [4.78, 5) is 21.9. The van der Waals surface area contributed by atoms with Crippen LogP contribution in [0.15, 0.2) is 24.3 Å². The van der Waals surface area contributed by atoms with Gasteiger partial charge in [0, 0.05) is 18.5 Å². The highest BCUT2D eigenvalue weighted by Gasteiger charge is 2.12. The number of anilines is 1. The van der Waals surface area contributed by atoms with Crippen LogP contribution in [0.1, 0.15) is 19.8 Å². The highest BCUT2D eigenvalue weighted by molar-refractivity contribution is 5.91. The van der Waals surface area contributed by atoms with E-state index in [1.165, 1.54) is 24.3 Å². The van der Waals surface area contributed by atoms with E-state index in [-0.39, 0.29) is 30.5 Å². The number of rotatable bonds is 5. The van der Waals surface area contributed by atoms with E-state index in [2.05, 4.69) is 5.32 Å². The molecule has 0 fully saturated rings. The smallest absolute Gasteiger partial charge is 0.303 e. The first-order valence-electron chi connectivity index (χ1n) is 5.24. The number of aliphatic carboxylic acids is 1. The van der Waals surface area contributed by atoms with Crippen LogP contribution >= 0.6 is 0 Å². The van der Waals surface area contributed by atoms with E-state index in [4.69, 9.17) is 5.11 Å². The molecule has 1 aromatic carbocycles. The number of halogens is 1. The predicted octanol–water partition coefficient (Wildman–Crippen LogP) is 2.27. The molecule has 0 radical (unpaired) electrons. The van der Waals surface area contributed by atoms with E-state index in [1.54, 1.807) is 6.92 Å². The number of nitrogens with one attached hydrogen (secondary N) is 1. The molecule has 17 heavy (non-hydrogen) atoms. The Bertz CT molecular complexity index is 403. The van der Waals surface area contributed by atoms with Crippen molar-refractivity contribution in [2.24, 2.45) is 5.92 Å². The van der Waals surface area contributed by atoms with Gasteiger partial charge in [-0.15, -0.1) is 0 Å². The van der Waals surface area contributed by atoms with Crippen LogP contribution in [0.4, 0.5) is 10.1 Å². The minimum atomic E-state index is -0.924. The second-order valence-corrected chi connectivity index (χ2v) is 3.96. The Kier molecular flexibility index (Phi) is 4.63. The number of carbonyl (C=O) groups excluding carboxylic acids is 1. The van der Waals surface area contributed by atoms with Crippen molar-refractivity contribution in [1.29, 1.82) is 0 Å². The van der Waals surface area contributed by atoms with Crippen molar-refractivity contribution in [2.75, 3.05) is 5.32 Å². The molecule has 0 saturated carbocycles. The SMILES string of the molecule is C[C@H](CC(=O)O)CC(=O)Nc1ccc(F)cc1. The molecule has 0 heterocycles. The lowest BCUT2D eigenvalue weighted by molar-refractivity contribution is -0.138. The van der Waals surface area contributed by atoms with Crippen LogP contribution < -0.4 is 5.32 Å². The zero-order valence-corrected chi connectivity index (χ0v) is 9.44. The lowest BCUT2D eigenvalue weighted by Crippen LogP contribution is -2.16. The topological polar surface area (TPSA) is 66.4 Å². The fourth-order valence-corrected chi connectivity index (χ4v) is 1.43. The van der Waals surface area contributed by atoms with E-state index in [0.29, 0.717) is 5.69 Å². The Morgan fingerprint density at radius 2 is 1.88 bits per heavy atom. The summed E-state index contributed by atoms with van der Waals surface area (Å²) in [6.45, 7) is 1.69. The summed E-state index contributed by atoms with van der Waals surface area (Å²) in [7, 11) is 0. The van der Waals surface area contributed by atoms with Crippen LogP contribution in [-0.2, 0) is 9.59 Å². The first-order valence-corrected chi connectivity index (χ1v) is 5.24. The van der Waals surface area contributed by atoms with Crippen molar-refractivity contribution in [3.05, 3.63) is 30.1 Å². The zero-order chi connectivity index (χ0) is 12.8. The molecule has 1 amide bonds. The first kappa shape index (κ1) is 13.2. The van der Waals surface area contributed by atoms with Gasteiger partial charge in [0.2, 0.25) is 5.91 Å². The molecule has 0 bridgehead atoms. The average molecular weight is 239 g/mol. The number of carboxylic acids is 1. The van der Waals surface area contributed by atoms with Gasteiger partial charge in [-0.05, 0) is 30.2 Å². The molecule has 1 rings (SSSR count). The molecule has 0 aliphatic carbocycles. The molecule has 4 nitrogen and oxygen atoms in total. The van der Waals surface area contributed by atoms with Gasteiger partial charge in [-0.2, -0.15) is 0 Å². The molecular formula is C12H14FNO3. The highest BCUT2D eigenvalue weighted by Crippen LogP contribution is 2.12. The Morgan fingerprint density at radius 1 is 1.29 bits per heavy atom. The minimum absolute atomic E-state index is 0.0448. The Balaban J connectivity index is 2.44. The lowest BCUT2D eigenvalue weighted by atomic mass is 10.0. The molecule has 0 aliphatic rings. The average Bonchev–Trinajstić information content (AvgIpc) is 2.19. The number of hydrogen-bond donors (Lipinski definition) is 2. The fraction of sp³-hybridized carbons (Fsp3) is 0.333. The van der Waals surface area contributed by atoms with Crippen LogP contribution in [0.25, 0.3) is 0 Å². The molecule has 1 atom stereocenters. The van der Waals surface area contributed by atoms with Gasteiger partial charge in [0.15, 0.2) is 0 Å². The third-order valence-corrected chi connectivity index (χ3v) is 2.18. The zero-order valence-electron chi connectivity index (χ0n) is 9.44. The summed E-state index contributed by atoms with van der Waals surface area (Å²) in [6, 6.07) is 5.40. The maximum atomic E-state index is 12.6. The Hall–Kier alpha value is -1.91. The van der Waals surface area contributed by atoms with E-state index < -0.39 is 5.97 Å². The van der Waals surface area contributed by atoms with Gasteiger partial charge in [-0.25, -0.2) is 4.39 Å². The number of benzene rings is 1. The molecule has 0 aliphatic heterocycles. The summed E-state index contributed by atoms with van der Waals surface area (Å²) in [5.41, 5.74) is 0.499. The third-order valence-electron chi connectivity index (χ3n) is 2.18. The summed E-state index contributed by atoms with van der Waals surface area (Å²) >= 11 is 0. The monoisotopic (exact) mass is 239 g/mol. The van der Waals surface area contributed by atoms with Gasteiger partial charge in [0.1, 0.15) is 5.82 Å². The Labute approximate surface area is 98.5 Å². The van der Waals surface area contributed by atoms with Crippen molar-refractivity contribution >= 4 is 17.6 Å². The normalized spacial score (nSPS) is 11.9. The molecule has 0 unspecified atom stereocenters. The first-order chi connectivity index (χ1) is 7.97. The van der Waals surface area contributed by atoms with E-state index in [9.17, 15) is 14.0 Å². The number of amides is 1. The van der Waals surface area contributed by atoms with Crippen LogP contribution in [0.5, 0.6) is 0 Å². The predicted molar refractivity (Wildman–Crippen MR) is 61.1 cm³/mol. The van der Waals surface area contributed by atoms with Gasteiger partial charge in [-0.3, -0.25) is 9.59 Å². The molecule has 2 N–H and O–H groups in total. The fourth-order valence-electron chi connectivity index (χ4n) is 1.43. The standard InChI is InChI=1S/C12H14FNO3/c1-8(7-12(16)17)6-11(15)14-10-4-2-9(13)3-5-10/h2-5,8H,6-7H2,1H3,(H,14,15)(H,16,17)/t8-/m0/s1. The molecule has 1 aromatic rings. The van der Waals surface area contributed by atoms with Crippen molar-refractivity contribution in [3.8, 4) is 0 Å². The van der Waals surface area contributed by atoms with Crippen molar-refractivity contribution in [2.45, 2.75) is 19.8 Å². The number of hydrogen-bond acceptors (Lipinski definition) is 2. The van der Waals surface area contributed by atoms with Crippen molar-refractivity contribution in [3.63, 3.8) is 0 Å². The maximum Gasteiger partial charge on any atom is 0.303 e. The molecule has 92 valence electrons. The second kappa shape index (κ2) is 5.98. The minimum Gasteiger partial charge on any atom is -0.481 e. The van der Waals surface area contributed by atoms with Gasteiger partial charge in [-0.1, -0.05) is 6.92 Å². The summed E-state index contributed by atoms with van der Waals surface area (Å²) in [5.74, 6) is -1.80. The van der Waals surface area contributed by atoms with E-state index >= 15 is 0 Å². The van der Waals surface area contributed by atoms with Crippen LogP contribution in [0, 0.1) is 11.7 Å². The summed E-state index contributed by atoms with van der Waals surface area (Å²) < 4.78 is 12.6. The van der Waals surface area contributed by atoms with Crippen molar-refractivity contribution < 1.29 is 19.1 Å². The molecule has 0 saturated heterocycles. The second-order valence-electron chi connectivity index (χ2n) is 3.96. The summed E-state index contributed by atoms with van der Waals surface area (Å²) in [6.07, 6.45) is 0.0838. The maximum absolute atomic E-state index is 12.6. The lowest BCUT2D eigenvalue weighted by Gasteiger charge is -2.09. The summed E-state index contributed by atoms with van der Waals surface area (Å²) in [5, 5.41) is 11.1. The van der Waals surface area contributed by atoms with Gasteiger partial charge >= 0.3 is 5.97 Å². The molecular weight excluding hydrogens is 225 g/mol. The quantitative estimate of drug-likeness (QED) is 0.828. The van der Waals surface area contributed by atoms with Crippen molar-refractivity contribution in [1.82, 2.24) is 0 Å². The Morgan fingerprint density at radius 3 is 2.41 bits per heavy atom. The number of carbonyl (C=O) groups is 2. The number of carboxylic acid groups (broad SMARTS) is 1. The van der Waals surface area contributed by atoms with Crippen LogP contribution in [0.2, 0.25) is 0 Å². The third kappa shape index (κ3) is 5.10. The van der Waals surface area contributed by atoms with E-state index in [1.807, 2.05) is 0 Å². The van der Waals surface area contributed by atoms with Crippen LogP contribution in [0.3, 0.4) is 0 Å². The molecule has 0 aromatic heterocycles. The van der Waals surface area contributed by atoms with Gasteiger partial charge in [0.05, 0.1) is 0 Å². The van der Waals surface area contributed by atoms with Crippen LogP contribution in [-0.4, -0.2) is 17.0 Å². The van der Waals surface area contributed by atoms with Gasteiger partial charge in [0.25, 0.3) is 0 Å².